The van der Waals surface area contributed by atoms with Crippen molar-refractivity contribution in [3.8, 4) is 22.6 Å². The Morgan fingerprint density at radius 1 is 0.727 bits per heavy atom. The van der Waals surface area contributed by atoms with Crippen LogP contribution in [0.5, 0.6) is 11.5 Å². The number of benzene rings is 3. The van der Waals surface area contributed by atoms with Crippen molar-refractivity contribution in [2.24, 2.45) is 0 Å². The Kier molecular flexibility index (Phi) is 3.62. The van der Waals surface area contributed by atoms with Crippen molar-refractivity contribution < 1.29 is 15.0 Å². The summed E-state index contributed by atoms with van der Waals surface area (Å²) >= 11 is 0. The summed E-state index contributed by atoms with van der Waals surface area (Å²) in [4.78, 5) is 12.5. The van der Waals surface area contributed by atoms with Crippen LogP contribution in [-0.4, -0.2) is 16.0 Å². The van der Waals surface area contributed by atoms with Gasteiger partial charge in [-0.25, -0.2) is 0 Å². The number of carbonyl (C=O) groups is 1. The zero-order valence-electron chi connectivity index (χ0n) is 11.7. The predicted molar refractivity (Wildman–Crippen MR) is 85.1 cm³/mol. The third-order valence-corrected chi connectivity index (χ3v) is 3.48. The average molecular weight is 290 g/mol. The molecule has 0 amide bonds. The maximum Gasteiger partial charge on any atom is 0.196 e. The zero-order valence-corrected chi connectivity index (χ0v) is 11.7. The van der Waals surface area contributed by atoms with E-state index < -0.39 is 0 Å². The SMILES string of the molecule is O=C(c1ccc(O)cc1)c1cc(-c2ccccc2)ccc1O. The fraction of sp³-hybridized carbons (Fsp3) is 0. The second-order valence-electron chi connectivity index (χ2n) is 4.97. The minimum absolute atomic E-state index is 0.0576. The predicted octanol–water partition coefficient (Wildman–Crippen LogP) is 4.00. The van der Waals surface area contributed by atoms with Crippen LogP contribution in [0.25, 0.3) is 11.1 Å². The molecule has 0 aliphatic rings. The van der Waals surface area contributed by atoms with Crippen molar-refractivity contribution in [2.75, 3.05) is 0 Å². The van der Waals surface area contributed by atoms with E-state index in [9.17, 15) is 15.0 Å². The molecule has 3 aromatic carbocycles. The first-order valence-corrected chi connectivity index (χ1v) is 6.87. The fourth-order valence-electron chi connectivity index (χ4n) is 2.30. The van der Waals surface area contributed by atoms with Gasteiger partial charge in [0, 0.05) is 5.56 Å². The van der Waals surface area contributed by atoms with Crippen LogP contribution in [0.2, 0.25) is 0 Å². The minimum atomic E-state index is -0.282. The molecule has 3 aromatic rings. The number of hydrogen-bond donors (Lipinski definition) is 2. The maximum absolute atomic E-state index is 12.5. The summed E-state index contributed by atoms with van der Waals surface area (Å²) in [6.45, 7) is 0. The summed E-state index contributed by atoms with van der Waals surface area (Å²) in [6, 6.07) is 20.6. The molecule has 0 fully saturated rings. The van der Waals surface area contributed by atoms with Crippen LogP contribution in [0.1, 0.15) is 15.9 Å². The Morgan fingerprint density at radius 3 is 2.09 bits per heavy atom. The summed E-state index contributed by atoms with van der Waals surface area (Å²) in [6.07, 6.45) is 0. The molecule has 0 saturated heterocycles. The quantitative estimate of drug-likeness (QED) is 0.717. The van der Waals surface area contributed by atoms with Gasteiger partial charge in [0.05, 0.1) is 5.56 Å². The molecular formula is C19H14O3. The van der Waals surface area contributed by atoms with Crippen LogP contribution in [0.15, 0.2) is 72.8 Å². The summed E-state index contributed by atoms with van der Waals surface area (Å²) in [5.41, 5.74) is 2.49. The molecule has 0 bridgehead atoms. The van der Waals surface area contributed by atoms with E-state index in [1.165, 1.54) is 30.3 Å². The average Bonchev–Trinajstić information content (AvgIpc) is 2.56. The third-order valence-electron chi connectivity index (χ3n) is 3.48. The largest absolute Gasteiger partial charge is 0.508 e. The van der Waals surface area contributed by atoms with E-state index in [-0.39, 0.29) is 22.8 Å². The van der Waals surface area contributed by atoms with Gasteiger partial charge in [-0.1, -0.05) is 36.4 Å². The van der Waals surface area contributed by atoms with E-state index in [2.05, 4.69) is 0 Å². The van der Waals surface area contributed by atoms with E-state index in [0.29, 0.717) is 5.56 Å². The first kappa shape index (κ1) is 13.9. The number of ketones is 1. The Balaban J connectivity index is 2.03. The molecule has 22 heavy (non-hydrogen) atoms. The molecule has 0 saturated carbocycles. The first-order chi connectivity index (χ1) is 10.6. The van der Waals surface area contributed by atoms with Crippen LogP contribution >= 0.6 is 0 Å². The monoisotopic (exact) mass is 290 g/mol. The molecule has 0 aliphatic carbocycles. The first-order valence-electron chi connectivity index (χ1n) is 6.87. The second-order valence-corrected chi connectivity index (χ2v) is 4.97. The van der Waals surface area contributed by atoms with E-state index in [1.54, 1.807) is 12.1 Å². The van der Waals surface area contributed by atoms with Crippen LogP contribution in [-0.2, 0) is 0 Å². The second kappa shape index (κ2) is 5.74. The van der Waals surface area contributed by atoms with E-state index in [1.807, 2.05) is 30.3 Å². The number of rotatable bonds is 3. The van der Waals surface area contributed by atoms with Gasteiger partial charge in [0.1, 0.15) is 11.5 Å². The molecule has 3 nitrogen and oxygen atoms in total. The third kappa shape index (κ3) is 2.69. The Labute approximate surface area is 128 Å². The van der Waals surface area contributed by atoms with Gasteiger partial charge in [0.2, 0.25) is 0 Å². The van der Waals surface area contributed by atoms with Gasteiger partial charge in [-0.2, -0.15) is 0 Å². The topological polar surface area (TPSA) is 57.5 Å². The van der Waals surface area contributed by atoms with E-state index in [0.717, 1.165) is 11.1 Å². The molecule has 0 atom stereocenters. The molecule has 0 aromatic heterocycles. The van der Waals surface area contributed by atoms with Crippen LogP contribution in [0.3, 0.4) is 0 Å². The molecule has 108 valence electrons. The zero-order chi connectivity index (χ0) is 15.5. The van der Waals surface area contributed by atoms with Gasteiger partial charge < -0.3 is 10.2 Å². The highest BCUT2D eigenvalue weighted by Crippen LogP contribution is 2.28. The summed E-state index contributed by atoms with van der Waals surface area (Å²) in [7, 11) is 0. The van der Waals surface area contributed by atoms with Gasteiger partial charge in [0.15, 0.2) is 5.78 Å². The van der Waals surface area contributed by atoms with E-state index in [4.69, 9.17) is 0 Å². The normalized spacial score (nSPS) is 10.4. The van der Waals surface area contributed by atoms with E-state index >= 15 is 0 Å². The lowest BCUT2D eigenvalue weighted by Gasteiger charge is -2.08. The summed E-state index contributed by atoms with van der Waals surface area (Å²) in [5.74, 6) is -0.244. The van der Waals surface area contributed by atoms with Crippen molar-refractivity contribution in [1.82, 2.24) is 0 Å². The van der Waals surface area contributed by atoms with Gasteiger partial charge in [-0.05, 0) is 47.5 Å². The molecule has 0 heterocycles. The van der Waals surface area contributed by atoms with Crippen LogP contribution in [0, 0.1) is 0 Å². The number of hydrogen-bond acceptors (Lipinski definition) is 3. The van der Waals surface area contributed by atoms with Crippen LogP contribution in [0.4, 0.5) is 0 Å². The Bertz CT molecular complexity index is 806. The Morgan fingerprint density at radius 2 is 1.41 bits per heavy atom. The van der Waals surface area contributed by atoms with Gasteiger partial charge in [-0.3, -0.25) is 4.79 Å². The molecule has 3 rings (SSSR count). The highest BCUT2D eigenvalue weighted by molar-refractivity contribution is 6.11. The standard InChI is InChI=1S/C19H14O3/c20-16-9-6-14(7-10-16)19(22)17-12-15(8-11-18(17)21)13-4-2-1-3-5-13/h1-12,20-21H. The van der Waals surface area contributed by atoms with Crippen molar-refractivity contribution >= 4 is 5.78 Å². The molecule has 2 N–H and O–H groups in total. The number of phenolic OH excluding ortho intramolecular Hbond substituents is 2. The highest BCUT2D eigenvalue weighted by atomic mass is 16.3. The van der Waals surface area contributed by atoms with Gasteiger partial charge >= 0.3 is 0 Å². The minimum Gasteiger partial charge on any atom is -0.508 e. The molecule has 0 spiro atoms. The molecular weight excluding hydrogens is 276 g/mol. The van der Waals surface area contributed by atoms with Crippen molar-refractivity contribution in [3.05, 3.63) is 83.9 Å². The molecule has 0 radical (unpaired) electrons. The maximum atomic E-state index is 12.5. The molecule has 0 aliphatic heterocycles. The summed E-state index contributed by atoms with van der Waals surface area (Å²) < 4.78 is 0. The smallest absolute Gasteiger partial charge is 0.196 e. The molecule has 3 heteroatoms. The summed E-state index contributed by atoms with van der Waals surface area (Å²) in [5, 5.41) is 19.3. The lowest BCUT2D eigenvalue weighted by atomic mass is 9.97. The fourth-order valence-corrected chi connectivity index (χ4v) is 2.30. The van der Waals surface area contributed by atoms with Crippen LogP contribution < -0.4 is 0 Å². The van der Waals surface area contributed by atoms with Crippen molar-refractivity contribution in [2.45, 2.75) is 0 Å². The van der Waals surface area contributed by atoms with Crippen molar-refractivity contribution in [1.29, 1.82) is 0 Å². The van der Waals surface area contributed by atoms with Gasteiger partial charge in [-0.15, -0.1) is 0 Å². The number of aromatic hydroxyl groups is 2. The highest BCUT2D eigenvalue weighted by Gasteiger charge is 2.14. The number of phenols is 2. The molecule has 0 unspecified atom stereocenters. The Hall–Kier alpha value is -3.07. The van der Waals surface area contributed by atoms with Gasteiger partial charge in [0.25, 0.3) is 0 Å². The lowest BCUT2D eigenvalue weighted by Crippen LogP contribution is -2.01. The van der Waals surface area contributed by atoms with Crippen molar-refractivity contribution in [3.63, 3.8) is 0 Å². The number of carbonyl (C=O) groups excluding carboxylic acids is 1. The lowest BCUT2D eigenvalue weighted by molar-refractivity contribution is 0.103.